The molecule has 1 aromatic heterocycles. The van der Waals surface area contributed by atoms with Crippen LogP contribution in [0.2, 0.25) is 0 Å². The molecule has 3 rings (SSSR count). The molecule has 0 aliphatic heterocycles. The van der Waals surface area contributed by atoms with E-state index in [1.54, 1.807) is 18.5 Å². The molecule has 0 unspecified atom stereocenters. The summed E-state index contributed by atoms with van der Waals surface area (Å²) in [6, 6.07) is 17.1. The number of aliphatic imine (C=N–C) groups is 1. The molecule has 2 aromatic carbocycles. The molecule has 1 amide bonds. The second kappa shape index (κ2) is 9.41. The van der Waals surface area contributed by atoms with Gasteiger partial charge in [-0.25, -0.2) is 9.38 Å². The van der Waals surface area contributed by atoms with Gasteiger partial charge in [-0.1, -0.05) is 25.1 Å². The van der Waals surface area contributed by atoms with Crippen LogP contribution in [0.3, 0.4) is 0 Å². The van der Waals surface area contributed by atoms with Crippen LogP contribution in [0.4, 0.5) is 10.1 Å². The van der Waals surface area contributed by atoms with Gasteiger partial charge in [0.05, 0.1) is 6.54 Å². The van der Waals surface area contributed by atoms with E-state index >= 15 is 0 Å². The first kappa shape index (κ1) is 19.2. The second-order valence-electron chi connectivity index (χ2n) is 6.16. The van der Waals surface area contributed by atoms with Crippen LogP contribution in [0, 0.1) is 5.82 Å². The predicted molar refractivity (Wildman–Crippen MR) is 109 cm³/mol. The third-order valence-corrected chi connectivity index (χ3v) is 4.11. The van der Waals surface area contributed by atoms with Gasteiger partial charge in [0.2, 0.25) is 5.96 Å². The summed E-state index contributed by atoms with van der Waals surface area (Å²) >= 11 is 0. The molecule has 0 saturated heterocycles. The first-order valence-corrected chi connectivity index (χ1v) is 9.00. The highest BCUT2D eigenvalue weighted by atomic mass is 19.1. The lowest BCUT2D eigenvalue weighted by Gasteiger charge is -2.12. The number of aromatic nitrogens is 1. The van der Waals surface area contributed by atoms with Gasteiger partial charge in [0, 0.05) is 23.6 Å². The van der Waals surface area contributed by atoms with E-state index in [1.807, 2.05) is 36.4 Å². The minimum Gasteiger partial charge on any atom is -0.326 e. The SMILES string of the molecule is CCc1ccc(NC(=NCc2ccncc2)NC(=O)c2cccc(F)c2)cc1. The van der Waals surface area contributed by atoms with Crippen LogP contribution >= 0.6 is 0 Å². The number of benzene rings is 2. The van der Waals surface area contributed by atoms with Crippen LogP contribution in [-0.4, -0.2) is 16.9 Å². The van der Waals surface area contributed by atoms with E-state index in [-0.39, 0.29) is 11.5 Å². The zero-order valence-electron chi connectivity index (χ0n) is 15.5. The Bertz CT molecular complexity index is 956. The lowest BCUT2D eigenvalue weighted by molar-refractivity contribution is 0.0976. The van der Waals surface area contributed by atoms with E-state index in [0.29, 0.717) is 6.54 Å². The third kappa shape index (κ3) is 5.48. The molecule has 0 aliphatic rings. The molecule has 0 atom stereocenters. The number of carbonyl (C=O) groups excluding carboxylic acids is 1. The van der Waals surface area contributed by atoms with E-state index in [2.05, 4.69) is 27.5 Å². The number of aryl methyl sites for hydroxylation is 1. The lowest BCUT2D eigenvalue weighted by Crippen LogP contribution is -2.36. The minimum atomic E-state index is -0.467. The van der Waals surface area contributed by atoms with Crippen molar-refractivity contribution in [2.75, 3.05) is 5.32 Å². The average Bonchev–Trinajstić information content (AvgIpc) is 2.73. The maximum absolute atomic E-state index is 13.4. The quantitative estimate of drug-likeness (QED) is 0.519. The summed E-state index contributed by atoms with van der Waals surface area (Å²) in [5.41, 5.74) is 3.19. The molecule has 6 heteroatoms. The van der Waals surface area contributed by atoms with Crippen molar-refractivity contribution in [2.45, 2.75) is 19.9 Å². The fourth-order valence-electron chi connectivity index (χ4n) is 2.54. The topological polar surface area (TPSA) is 66.4 Å². The minimum absolute atomic E-state index is 0.222. The summed E-state index contributed by atoms with van der Waals surface area (Å²) in [4.78, 5) is 21.0. The largest absolute Gasteiger partial charge is 0.326 e. The smallest absolute Gasteiger partial charge is 0.258 e. The molecule has 0 radical (unpaired) electrons. The Hall–Kier alpha value is -3.54. The molecule has 2 N–H and O–H groups in total. The molecule has 0 spiro atoms. The van der Waals surface area contributed by atoms with E-state index in [4.69, 9.17) is 0 Å². The standard InChI is InChI=1S/C22H21FN4O/c1-2-16-6-8-20(9-7-16)26-22(25-15-17-10-12-24-13-11-17)27-21(28)18-4-3-5-19(23)14-18/h3-14H,2,15H2,1H3,(H2,25,26,27,28). The zero-order valence-corrected chi connectivity index (χ0v) is 15.5. The molecular weight excluding hydrogens is 355 g/mol. The van der Waals surface area contributed by atoms with Crippen LogP contribution < -0.4 is 10.6 Å². The van der Waals surface area contributed by atoms with Gasteiger partial charge in [-0.05, 0) is 60.0 Å². The molecular formula is C22H21FN4O. The van der Waals surface area contributed by atoms with Crippen molar-refractivity contribution < 1.29 is 9.18 Å². The van der Waals surface area contributed by atoms with Crippen molar-refractivity contribution in [2.24, 2.45) is 4.99 Å². The van der Waals surface area contributed by atoms with Crippen molar-refractivity contribution >= 4 is 17.6 Å². The summed E-state index contributed by atoms with van der Waals surface area (Å²) < 4.78 is 13.4. The number of hydrogen-bond acceptors (Lipinski definition) is 3. The van der Waals surface area contributed by atoms with Gasteiger partial charge in [0.15, 0.2) is 0 Å². The number of hydrogen-bond donors (Lipinski definition) is 2. The Labute approximate surface area is 163 Å². The summed E-state index contributed by atoms with van der Waals surface area (Å²) in [7, 11) is 0. The summed E-state index contributed by atoms with van der Waals surface area (Å²) in [6.45, 7) is 2.45. The summed E-state index contributed by atoms with van der Waals surface area (Å²) in [5.74, 6) is -0.619. The number of pyridine rings is 1. The van der Waals surface area contributed by atoms with E-state index in [1.165, 1.54) is 23.8 Å². The van der Waals surface area contributed by atoms with Gasteiger partial charge >= 0.3 is 0 Å². The number of anilines is 1. The third-order valence-electron chi connectivity index (χ3n) is 4.11. The second-order valence-corrected chi connectivity index (χ2v) is 6.16. The van der Waals surface area contributed by atoms with Crippen LogP contribution in [0.25, 0.3) is 0 Å². The zero-order chi connectivity index (χ0) is 19.8. The Morgan fingerprint density at radius 3 is 2.46 bits per heavy atom. The van der Waals surface area contributed by atoms with Crippen LogP contribution in [-0.2, 0) is 13.0 Å². The van der Waals surface area contributed by atoms with Gasteiger partial charge in [-0.2, -0.15) is 0 Å². The first-order chi connectivity index (χ1) is 13.6. The molecule has 0 aliphatic carbocycles. The van der Waals surface area contributed by atoms with Crippen molar-refractivity contribution in [3.05, 3.63) is 95.6 Å². The molecule has 0 saturated carbocycles. The van der Waals surface area contributed by atoms with Gasteiger partial charge < -0.3 is 5.32 Å². The number of halogens is 1. The fourth-order valence-corrected chi connectivity index (χ4v) is 2.54. The molecule has 3 aromatic rings. The van der Waals surface area contributed by atoms with Crippen molar-refractivity contribution in [3.8, 4) is 0 Å². The Kier molecular flexibility index (Phi) is 6.46. The Morgan fingerprint density at radius 1 is 1.04 bits per heavy atom. The van der Waals surface area contributed by atoms with Crippen LogP contribution in [0.5, 0.6) is 0 Å². The maximum atomic E-state index is 13.4. The van der Waals surface area contributed by atoms with Crippen molar-refractivity contribution in [1.29, 1.82) is 0 Å². The number of guanidine groups is 1. The first-order valence-electron chi connectivity index (χ1n) is 9.00. The van der Waals surface area contributed by atoms with Gasteiger partial charge in [-0.3, -0.25) is 15.1 Å². The normalized spacial score (nSPS) is 11.1. The van der Waals surface area contributed by atoms with E-state index < -0.39 is 11.7 Å². The monoisotopic (exact) mass is 376 g/mol. The highest BCUT2D eigenvalue weighted by Crippen LogP contribution is 2.11. The number of rotatable bonds is 5. The molecule has 0 fully saturated rings. The van der Waals surface area contributed by atoms with E-state index in [9.17, 15) is 9.18 Å². The summed E-state index contributed by atoms with van der Waals surface area (Å²) in [6.07, 6.45) is 4.32. The van der Waals surface area contributed by atoms with Gasteiger partial charge in [0.25, 0.3) is 5.91 Å². The Balaban J connectivity index is 1.79. The maximum Gasteiger partial charge on any atom is 0.258 e. The highest BCUT2D eigenvalue weighted by molar-refractivity contribution is 6.09. The van der Waals surface area contributed by atoms with Crippen LogP contribution in [0.1, 0.15) is 28.4 Å². The van der Waals surface area contributed by atoms with Crippen LogP contribution in [0.15, 0.2) is 78.0 Å². The Morgan fingerprint density at radius 2 is 1.79 bits per heavy atom. The number of carbonyl (C=O) groups is 1. The molecule has 1 heterocycles. The highest BCUT2D eigenvalue weighted by Gasteiger charge is 2.10. The fraction of sp³-hybridized carbons (Fsp3) is 0.136. The van der Waals surface area contributed by atoms with E-state index in [0.717, 1.165) is 17.7 Å². The summed E-state index contributed by atoms with van der Waals surface area (Å²) in [5, 5.41) is 5.85. The number of nitrogens with one attached hydrogen (secondary N) is 2. The predicted octanol–water partition coefficient (Wildman–Crippen LogP) is 4.18. The molecule has 5 nitrogen and oxygen atoms in total. The van der Waals surface area contributed by atoms with Gasteiger partial charge in [-0.15, -0.1) is 0 Å². The number of nitrogens with zero attached hydrogens (tertiary/aromatic N) is 2. The molecule has 142 valence electrons. The molecule has 0 bridgehead atoms. The lowest BCUT2D eigenvalue weighted by atomic mass is 10.1. The number of amides is 1. The average molecular weight is 376 g/mol. The van der Waals surface area contributed by atoms with Gasteiger partial charge in [0.1, 0.15) is 5.82 Å². The molecule has 28 heavy (non-hydrogen) atoms. The van der Waals surface area contributed by atoms with Crippen molar-refractivity contribution in [1.82, 2.24) is 10.3 Å². The van der Waals surface area contributed by atoms with Crippen molar-refractivity contribution in [3.63, 3.8) is 0 Å².